The minimum absolute atomic E-state index is 0.0487. The van der Waals surface area contributed by atoms with Crippen LogP contribution in [0.2, 0.25) is 0 Å². The van der Waals surface area contributed by atoms with Crippen LogP contribution in [-0.4, -0.2) is 42.3 Å². The standard InChI is InChI=1S/C23H25N5O/c29-23(14-11-19-7-3-1-4-8-19)24-21-12-13-22(26-25-21)28-17-15-27(16-18-28)20-9-5-2-6-10-20/h1-10,12-13H,11,14-18H2,(H,24,25,29). The molecule has 3 aromatic rings. The van der Waals surface area contributed by atoms with E-state index in [0.717, 1.165) is 37.6 Å². The lowest BCUT2D eigenvalue weighted by molar-refractivity contribution is -0.116. The Hall–Kier alpha value is -3.41. The zero-order valence-electron chi connectivity index (χ0n) is 16.4. The van der Waals surface area contributed by atoms with Gasteiger partial charge in [-0.15, -0.1) is 10.2 Å². The van der Waals surface area contributed by atoms with E-state index in [1.54, 1.807) is 0 Å². The summed E-state index contributed by atoms with van der Waals surface area (Å²) in [4.78, 5) is 16.8. The van der Waals surface area contributed by atoms with Crippen LogP contribution in [0.1, 0.15) is 12.0 Å². The molecule has 1 aromatic heterocycles. The Kier molecular flexibility index (Phi) is 6.00. The van der Waals surface area contributed by atoms with Crippen molar-refractivity contribution in [3.8, 4) is 0 Å². The van der Waals surface area contributed by atoms with Gasteiger partial charge in [0.2, 0.25) is 5.91 Å². The van der Waals surface area contributed by atoms with Crippen LogP contribution in [0, 0.1) is 0 Å². The van der Waals surface area contributed by atoms with Crippen LogP contribution in [-0.2, 0) is 11.2 Å². The molecule has 2 heterocycles. The predicted octanol–water partition coefficient (Wildman–Crippen LogP) is 3.37. The summed E-state index contributed by atoms with van der Waals surface area (Å²) >= 11 is 0. The third kappa shape index (κ3) is 5.10. The van der Waals surface area contributed by atoms with Gasteiger partial charge in [0.1, 0.15) is 0 Å². The number of hydrogen-bond acceptors (Lipinski definition) is 5. The molecular formula is C23H25N5O. The van der Waals surface area contributed by atoms with Crippen molar-refractivity contribution in [3.05, 3.63) is 78.4 Å². The Labute approximate surface area is 171 Å². The monoisotopic (exact) mass is 387 g/mol. The highest BCUT2D eigenvalue weighted by Crippen LogP contribution is 2.19. The van der Waals surface area contributed by atoms with Crippen molar-refractivity contribution in [1.29, 1.82) is 0 Å². The molecule has 1 fully saturated rings. The number of benzene rings is 2. The Bertz CT molecular complexity index is 907. The quantitative estimate of drug-likeness (QED) is 0.703. The van der Waals surface area contributed by atoms with E-state index in [2.05, 4.69) is 49.6 Å². The molecule has 148 valence electrons. The molecule has 0 spiro atoms. The second-order valence-electron chi connectivity index (χ2n) is 7.12. The lowest BCUT2D eigenvalue weighted by atomic mass is 10.1. The van der Waals surface area contributed by atoms with Gasteiger partial charge in [-0.3, -0.25) is 4.79 Å². The van der Waals surface area contributed by atoms with E-state index in [0.29, 0.717) is 18.7 Å². The highest BCUT2D eigenvalue weighted by atomic mass is 16.1. The van der Waals surface area contributed by atoms with Crippen molar-refractivity contribution in [2.75, 3.05) is 41.3 Å². The molecular weight excluding hydrogens is 362 g/mol. The zero-order chi connectivity index (χ0) is 19.9. The lowest BCUT2D eigenvalue weighted by Gasteiger charge is -2.36. The van der Waals surface area contributed by atoms with Crippen molar-refractivity contribution in [2.45, 2.75) is 12.8 Å². The first-order valence-electron chi connectivity index (χ1n) is 10.0. The number of aryl methyl sites for hydroxylation is 1. The van der Waals surface area contributed by atoms with Crippen LogP contribution in [0.4, 0.5) is 17.3 Å². The van der Waals surface area contributed by atoms with Crippen molar-refractivity contribution in [1.82, 2.24) is 10.2 Å². The number of nitrogens with zero attached hydrogens (tertiary/aromatic N) is 4. The molecule has 0 aliphatic carbocycles. The summed E-state index contributed by atoms with van der Waals surface area (Å²) in [5, 5.41) is 11.3. The maximum atomic E-state index is 12.1. The van der Waals surface area contributed by atoms with E-state index in [9.17, 15) is 4.79 Å². The number of aromatic nitrogens is 2. The van der Waals surface area contributed by atoms with Gasteiger partial charge in [-0.1, -0.05) is 48.5 Å². The lowest BCUT2D eigenvalue weighted by Crippen LogP contribution is -2.46. The minimum Gasteiger partial charge on any atom is -0.368 e. The van der Waals surface area contributed by atoms with E-state index >= 15 is 0 Å². The van der Waals surface area contributed by atoms with E-state index < -0.39 is 0 Å². The fourth-order valence-electron chi connectivity index (χ4n) is 3.50. The van der Waals surface area contributed by atoms with Gasteiger partial charge in [-0.2, -0.15) is 0 Å². The van der Waals surface area contributed by atoms with Crippen LogP contribution in [0.3, 0.4) is 0 Å². The maximum Gasteiger partial charge on any atom is 0.225 e. The van der Waals surface area contributed by atoms with Crippen LogP contribution < -0.4 is 15.1 Å². The molecule has 0 atom stereocenters. The second kappa shape index (κ2) is 9.19. The van der Waals surface area contributed by atoms with Crippen LogP contribution in [0.15, 0.2) is 72.8 Å². The van der Waals surface area contributed by atoms with Crippen molar-refractivity contribution < 1.29 is 4.79 Å². The van der Waals surface area contributed by atoms with Crippen molar-refractivity contribution >= 4 is 23.2 Å². The van der Waals surface area contributed by atoms with Gasteiger partial charge in [0.25, 0.3) is 0 Å². The maximum absolute atomic E-state index is 12.1. The molecule has 0 unspecified atom stereocenters. The molecule has 6 heteroatoms. The summed E-state index contributed by atoms with van der Waals surface area (Å²) in [5.74, 6) is 1.29. The molecule has 1 saturated heterocycles. The molecule has 0 saturated carbocycles. The van der Waals surface area contributed by atoms with Crippen LogP contribution in [0.25, 0.3) is 0 Å². The fourth-order valence-corrected chi connectivity index (χ4v) is 3.50. The number of nitrogens with one attached hydrogen (secondary N) is 1. The van der Waals surface area contributed by atoms with E-state index in [1.165, 1.54) is 5.69 Å². The second-order valence-corrected chi connectivity index (χ2v) is 7.12. The molecule has 1 N–H and O–H groups in total. The predicted molar refractivity (Wildman–Crippen MR) is 116 cm³/mol. The molecule has 2 aromatic carbocycles. The number of hydrogen-bond donors (Lipinski definition) is 1. The molecule has 0 bridgehead atoms. The fraction of sp³-hybridized carbons (Fsp3) is 0.261. The molecule has 1 amide bonds. The minimum atomic E-state index is -0.0487. The number of carbonyl (C=O) groups is 1. The van der Waals surface area contributed by atoms with E-state index in [-0.39, 0.29) is 5.91 Å². The zero-order valence-corrected chi connectivity index (χ0v) is 16.4. The first-order chi connectivity index (χ1) is 14.3. The normalized spacial score (nSPS) is 13.9. The number of piperazine rings is 1. The molecule has 1 aliphatic rings. The van der Waals surface area contributed by atoms with E-state index in [4.69, 9.17) is 0 Å². The summed E-state index contributed by atoms with van der Waals surface area (Å²) in [6.07, 6.45) is 1.14. The van der Waals surface area contributed by atoms with Crippen molar-refractivity contribution in [2.24, 2.45) is 0 Å². The Morgan fingerprint density at radius 1 is 0.793 bits per heavy atom. The highest BCUT2D eigenvalue weighted by Gasteiger charge is 2.18. The molecule has 29 heavy (non-hydrogen) atoms. The number of carbonyl (C=O) groups excluding carboxylic acids is 1. The van der Waals surface area contributed by atoms with E-state index in [1.807, 2.05) is 48.5 Å². The van der Waals surface area contributed by atoms with Gasteiger partial charge in [-0.25, -0.2) is 0 Å². The third-order valence-corrected chi connectivity index (χ3v) is 5.13. The van der Waals surface area contributed by atoms with Gasteiger partial charge in [0.05, 0.1) is 0 Å². The third-order valence-electron chi connectivity index (χ3n) is 5.13. The molecule has 6 nitrogen and oxygen atoms in total. The summed E-state index contributed by atoms with van der Waals surface area (Å²) < 4.78 is 0. The average Bonchev–Trinajstić information content (AvgIpc) is 2.80. The van der Waals surface area contributed by atoms with Gasteiger partial charge in [-0.05, 0) is 36.2 Å². The Morgan fingerprint density at radius 2 is 1.45 bits per heavy atom. The Morgan fingerprint density at radius 3 is 2.10 bits per heavy atom. The molecule has 0 radical (unpaired) electrons. The van der Waals surface area contributed by atoms with Crippen LogP contribution in [0.5, 0.6) is 0 Å². The topological polar surface area (TPSA) is 61.4 Å². The number of para-hydroxylation sites is 1. The Balaban J connectivity index is 1.26. The van der Waals surface area contributed by atoms with Crippen LogP contribution >= 0.6 is 0 Å². The first kappa shape index (κ1) is 18.9. The average molecular weight is 387 g/mol. The smallest absolute Gasteiger partial charge is 0.225 e. The van der Waals surface area contributed by atoms with Gasteiger partial charge < -0.3 is 15.1 Å². The summed E-state index contributed by atoms with van der Waals surface area (Å²) in [7, 11) is 0. The molecule has 1 aliphatic heterocycles. The largest absolute Gasteiger partial charge is 0.368 e. The molecule has 4 rings (SSSR count). The van der Waals surface area contributed by atoms with Gasteiger partial charge in [0.15, 0.2) is 11.6 Å². The number of anilines is 3. The summed E-state index contributed by atoms with van der Waals surface area (Å²) in [6.45, 7) is 3.69. The SMILES string of the molecule is O=C(CCc1ccccc1)Nc1ccc(N2CCN(c3ccccc3)CC2)nn1. The highest BCUT2D eigenvalue weighted by molar-refractivity contribution is 5.89. The van der Waals surface area contributed by atoms with Gasteiger partial charge in [0, 0.05) is 38.3 Å². The summed E-state index contributed by atoms with van der Waals surface area (Å²) in [6, 6.07) is 24.2. The number of rotatable bonds is 6. The number of amides is 1. The first-order valence-corrected chi connectivity index (χ1v) is 10.0. The van der Waals surface area contributed by atoms with Gasteiger partial charge >= 0.3 is 0 Å². The summed E-state index contributed by atoms with van der Waals surface area (Å²) in [5.41, 5.74) is 2.41. The van der Waals surface area contributed by atoms with Crippen molar-refractivity contribution in [3.63, 3.8) is 0 Å².